The number of hydrogen-bond acceptors (Lipinski definition) is 6. The van der Waals surface area contributed by atoms with Crippen LogP contribution in [-0.2, 0) is 74.5 Å². The molecule has 0 saturated heterocycles. The monoisotopic (exact) mass is 949 g/mol. The summed E-state index contributed by atoms with van der Waals surface area (Å²) < 4.78 is 51.8. The van der Waals surface area contributed by atoms with Gasteiger partial charge in [-0.15, -0.1) is 0 Å². The van der Waals surface area contributed by atoms with Crippen LogP contribution >= 0.6 is 14.7 Å². The molecule has 8 nitrogen and oxygen atoms in total. The zero-order chi connectivity index (χ0) is 37.7. The van der Waals surface area contributed by atoms with Gasteiger partial charge in [0.2, 0.25) is 0 Å². The summed E-state index contributed by atoms with van der Waals surface area (Å²) in [6.07, 6.45) is 0. The molecule has 2 radical (unpaired) electrons. The van der Waals surface area contributed by atoms with E-state index in [9.17, 15) is 9.13 Å². The Balaban J connectivity index is 0.000000222. The first-order chi connectivity index (χ1) is 26.5. The Morgan fingerprint density at radius 2 is 0.737 bits per heavy atom. The van der Waals surface area contributed by atoms with Crippen molar-refractivity contribution in [3.8, 4) is 45.3 Å². The molecule has 4 heterocycles. The summed E-state index contributed by atoms with van der Waals surface area (Å²) in [5.74, 6) is 1.60. The molecule has 0 N–H and O–H groups in total. The van der Waals surface area contributed by atoms with Gasteiger partial charge in [0.1, 0.15) is 23.0 Å². The Kier molecular flexibility index (Phi) is 17.1. The first-order valence-corrected chi connectivity index (χ1v) is 21.7. The number of hydrogen-bond donors (Lipinski definition) is 0. The van der Waals surface area contributed by atoms with Crippen molar-refractivity contribution in [1.29, 1.82) is 0 Å². The maximum absolute atomic E-state index is 14.2. The van der Waals surface area contributed by atoms with Gasteiger partial charge in [-0.1, -0.05) is 137 Å². The minimum absolute atomic E-state index is 0. The number of ether oxygens (including phenoxy) is 2. The molecular formula is C45H45N2O6P2Y2-3. The van der Waals surface area contributed by atoms with Gasteiger partial charge in [-0.2, -0.15) is 0 Å². The number of para-hydroxylation sites is 4. The summed E-state index contributed by atoms with van der Waals surface area (Å²) in [5.41, 5.74) is 5.45. The van der Waals surface area contributed by atoms with Gasteiger partial charge in [0.25, 0.3) is 14.7 Å². The molecule has 6 aromatic rings. The van der Waals surface area contributed by atoms with E-state index in [-0.39, 0.29) is 86.3 Å². The Bertz CT molecular complexity index is 2210. The van der Waals surface area contributed by atoms with E-state index in [0.29, 0.717) is 11.5 Å². The van der Waals surface area contributed by atoms with Crippen molar-refractivity contribution in [3.05, 3.63) is 175 Å². The third-order valence-electron chi connectivity index (χ3n) is 9.28. The third kappa shape index (κ3) is 8.86. The van der Waals surface area contributed by atoms with Crippen molar-refractivity contribution in [1.82, 2.24) is 0 Å². The summed E-state index contributed by atoms with van der Waals surface area (Å²) in [6, 6.07) is 46.1. The molecular weight excluding hydrogens is 904 g/mol. The molecule has 4 atom stereocenters. The van der Waals surface area contributed by atoms with E-state index < -0.39 is 26.3 Å². The maximum atomic E-state index is 14.2. The van der Waals surface area contributed by atoms with Crippen LogP contribution in [0, 0.1) is 7.43 Å². The quantitative estimate of drug-likeness (QED) is 0.127. The second-order valence-electron chi connectivity index (χ2n) is 12.1. The molecule has 4 unspecified atom stereocenters. The molecule has 10 rings (SSSR count). The van der Waals surface area contributed by atoms with Crippen LogP contribution in [0.25, 0.3) is 32.9 Å². The predicted molar refractivity (Wildman–Crippen MR) is 225 cm³/mol. The molecule has 0 aliphatic carbocycles. The predicted octanol–water partition coefficient (Wildman–Crippen LogP) is 12.6. The molecule has 290 valence electrons. The molecule has 4 aliphatic heterocycles. The third-order valence-corrected chi connectivity index (χ3v) is 14.5. The van der Waals surface area contributed by atoms with Gasteiger partial charge in [0.15, 0.2) is 0 Å². The van der Waals surface area contributed by atoms with Crippen LogP contribution in [0.4, 0.5) is 0 Å². The van der Waals surface area contributed by atoms with E-state index >= 15 is 0 Å². The fraction of sp³-hybridized carbons (Fsp3) is 0.178. The van der Waals surface area contributed by atoms with Crippen molar-refractivity contribution < 1.29 is 93.1 Å². The van der Waals surface area contributed by atoms with Gasteiger partial charge in [-0.25, -0.2) is 0 Å². The Hall–Kier alpha value is -2.89. The summed E-state index contributed by atoms with van der Waals surface area (Å²) >= 11 is 0. The summed E-state index contributed by atoms with van der Waals surface area (Å²) in [5, 5.41) is 10.5. The molecule has 0 aromatic heterocycles. The largest absolute Gasteiger partial charge is 0.613 e. The van der Waals surface area contributed by atoms with Gasteiger partial charge in [-0.05, 0) is 70.2 Å². The fourth-order valence-corrected chi connectivity index (χ4v) is 12.2. The second-order valence-corrected chi connectivity index (χ2v) is 16.8. The maximum Gasteiger partial charge on any atom is 0.265 e. The van der Waals surface area contributed by atoms with E-state index in [4.69, 9.17) is 18.5 Å². The van der Waals surface area contributed by atoms with E-state index in [1.54, 1.807) is 0 Å². The first kappa shape index (κ1) is 46.8. The molecule has 6 aromatic carbocycles. The Labute approximate surface area is 387 Å². The molecule has 0 spiro atoms. The topological polar surface area (TPSA) is 99.3 Å². The first-order valence-electron chi connectivity index (χ1n) is 18.3. The van der Waals surface area contributed by atoms with Crippen LogP contribution < -0.4 is 29.1 Å². The minimum Gasteiger partial charge on any atom is -0.613 e. The van der Waals surface area contributed by atoms with E-state index in [1.165, 1.54) is 0 Å². The average molecular weight is 950 g/mol. The van der Waals surface area contributed by atoms with Crippen molar-refractivity contribution in [2.45, 2.75) is 39.3 Å². The van der Waals surface area contributed by atoms with Gasteiger partial charge < -0.3 is 36.6 Å². The van der Waals surface area contributed by atoms with Crippen LogP contribution in [0.15, 0.2) is 146 Å². The summed E-state index contributed by atoms with van der Waals surface area (Å²) in [4.78, 5) is 0. The number of rotatable bonds is 2. The van der Waals surface area contributed by atoms with Crippen LogP contribution in [0.2, 0.25) is 0 Å². The van der Waals surface area contributed by atoms with Crippen molar-refractivity contribution in [2.24, 2.45) is 0 Å². The van der Waals surface area contributed by atoms with E-state index in [2.05, 4.69) is 10.6 Å². The van der Waals surface area contributed by atoms with Gasteiger partial charge in [-0.3, -0.25) is 9.13 Å². The summed E-state index contributed by atoms with van der Waals surface area (Å²) in [7, 11) is -6.58. The van der Waals surface area contributed by atoms with Gasteiger partial charge >= 0.3 is 0 Å². The Morgan fingerprint density at radius 1 is 0.439 bits per heavy atom. The van der Waals surface area contributed by atoms with Gasteiger partial charge in [0.05, 0.1) is 10.6 Å². The fourth-order valence-electron chi connectivity index (χ4n) is 7.02. The van der Waals surface area contributed by atoms with E-state index in [1.807, 2.05) is 173 Å². The Morgan fingerprint density at radius 3 is 1.12 bits per heavy atom. The molecule has 0 amide bonds. The number of benzene rings is 6. The molecule has 0 saturated carbocycles. The van der Waals surface area contributed by atoms with Crippen molar-refractivity contribution >= 4 is 25.3 Å². The van der Waals surface area contributed by atoms with Crippen molar-refractivity contribution in [2.75, 3.05) is 13.5 Å². The number of fused-ring (bicyclic) bond motifs is 8. The van der Waals surface area contributed by atoms with Gasteiger partial charge in [0, 0.05) is 90.0 Å². The molecule has 4 aliphatic rings. The minimum atomic E-state index is -3.29. The van der Waals surface area contributed by atoms with Crippen LogP contribution in [-0.4, -0.2) is 13.5 Å². The zero-order valence-corrected chi connectivity index (χ0v) is 40.3. The van der Waals surface area contributed by atoms with Crippen LogP contribution in [0.5, 0.6) is 23.0 Å². The summed E-state index contributed by atoms with van der Waals surface area (Å²) in [6.45, 7) is 8.36. The normalized spacial score (nSPS) is 20.8. The zero-order valence-electron chi connectivity index (χ0n) is 32.8. The standard InChI is InChI=1S/2C20H15NO3P.2C2H6.CH3.2Y/c2*22-25(20-16-9-2-4-10-17(16)23-13-21-20)19-12-6-3-8-15(19)14-7-1-5-11-18(14)24-25;2*1-2;;;/h2*1-12,20H,13H2;2*1-2H3;1H3;;/q2*-1;;;-1;;. The SMILES string of the molecule is CC.CC.O=P1(C2[N-]COc3ccccc32)Oc2ccccc2-c2ccccc21.O=P1(C2[N-]COc3ccccc32)Oc2ccccc2-c2ccccc21.[CH3-].[Y].[Y]. The van der Waals surface area contributed by atoms with Crippen LogP contribution in [0.1, 0.15) is 50.4 Å². The van der Waals surface area contributed by atoms with Crippen molar-refractivity contribution in [3.63, 3.8) is 0 Å². The van der Waals surface area contributed by atoms with E-state index in [0.717, 1.165) is 55.5 Å². The second kappa shape index (κ2) is 20.9. The average Bonchev–Trinajstić information content (AvgIpc) is 3.25. The molecule has 0 fully saturated rings. The number of nitrogens with zero attached hydrogens (tertiary/aromatic N) is 2. The van der Waals surface area contributed by atoms with Crippen LogP contribution in [0.3, 0.4) is 0 Å². The smallest absolute Gasteiger partial charge is 0.265 e. The molecule has 12 heteroatoms. The molecule has 0 bridgehead atoms. The molecule has 57 heavy (non-hydrogen) atoms.